The summed E-state index contributed by atoms with van der Waals surface area (Å²) in [6, 6.07) is 8.80. The van der Waals surface area contributed by atoms with Crippen molar-refractivity contribution in [2.75, 3.05) is 5.32 Å². The quantitative estimate of drug-likeness (QED) is 0.634. The minimum Gasteiger partial charge on any atom is -0.392 e. The molecule has 5 nitrogen and oxygen atoms in total. The third-order valence-corrected chi connectivity index (χ3v) is 5.06. The van der Waals surface area contributed by atoms with Gasteiger partial charge in [-0.15, -0.1) is 0 Å². The highest BCUT2D eigenvalue weighted by Crippen LogP contribution is 2.29. The molecule has 0 spiro atoms. The summed E-state index contributed by atoms with van der Waals surface area (Å²) in [7, 11) is 0. The smallest absolute Gasteiger partial charge is 0.230 e. The zero-order chi connectivity index (χ0) is 19.7. The summed E-state index contributed by atoms with van der Waals surface area (Å²) in [5.74, 6) is -1.79. The maximum Gasteiger partial charge on any atom is 0.230 e. The van der Waals surface area contributed by atoms with Crippen LogP contribution in [0.2, 0.25) is 0 Å². The van der Waals surface area contributed by atoms with Crippen LogP contribution in [0.15, 0.2) is 36.4 Å². The van der Waals surface area contributed by atoms with Crippen LogP contribution in [0.4, 0.5) is 14.5 Å². The van der Waals surface area contributed by atoms with E-state index in [0.29, 0.717) is 29.4 Å². The molecule has 0 saturated heterocycles. The molecule has 144 valence electrons. The first kappa shape index (κ1) is 18.3. The van der Waals surface area contributed by atoms with Gasteiger partial charge in [0.1, 0.15) is 11.6 Å². The van der Waals surface area contributed by atoms with Gasteiger partial charge >= 0.3 is 0 Å². The Labute approximate surface area is 160 Å². The van der Waals surface area contributed by atoms with E-state index in [2.05, 4.69) is 15.5 Å². The van der Waals surface area contributed by atoms with Gasteiger partial charge in [0.2, 0.25) is 5.91 Å². The number of carbonyl (C=O) groups excluding carboxylic acids is 1. The largest absolute Gasteiger partial charge is 0.392 e. The Morgan fingerprint density at radius 3 is 2.68 bits per heavy atom. The molecule has 1 fully saturated rings. The van der Waals surface area contributed by atoms with Crippen LogP contribution in [0.3, 0.4) is 0 Å². The molecular weight excluding hydrogens is 364 g/mol. The monoisotopic (exact) mass is 383 g/mol. The molecule has 1 aliphatic carbocycles. The number of nitrogens with one attached hydrogen (secondary N) is 2. The lowest BCUT2D eigenvalue weighted by Crippen LogP contribution is -2.28. The van der Waals surface area contributed by atoms with E-state index >= 15 is 0 Å². The Morgan fingerprint density at radius 2 is 1.96 bits per heavy atom. The molecule has 1 heterocycles. The summed E-state index contributed by atoms with van der Waals surface area (Å²) in [5, 5.41) is 20.1. The standard InChI is InChI=1S/C21H19F2N3O2/c22-13-7-4-12(5-8-13)6-9-17-15-10-19(16(23)11-18(15)26-25-17)24-21(28)14-2-1-3-20(14)27/h4-11,14,20,27H,1-3H2,(H,24,28)(H,25,26)/t14-,20+/m1/s1. The Bertz CT molecular complexity index is 1040. The van der Waals surface area contributed by atoms with E-state index in [4.69, 9.17) is 0 Å². The number of benzene rings is 2. The number of fused-ring (bicyclic) bond motifs is 1. The second kappa shape index (κ2) is 7.52. The van der Waals surface area contributed by atoms with Gasteiger partial charge in [0.05, 0.1) is 28.9 Å². The number of aliphatic hydroxyl groups is 1. The topological polar surface area (TPSA) is 78.0 Å². The van der Waals surface area contributed by atoms with Crippen LogP contribution >= 0.6 is 0 Å². The summed E-state index contributed by atoms with van der Waals surface area (Å²) < 4.78 is 27.4. The summed E-state index contributed by atoms with van der Waals surface area (Å²) in [6.45, 7) is 0. The number of nitrogens with zero attached hydrogens (tertiary/aromatic N) is 1. The van der Waals surface area contributed by atoms with E-state index in [1.54, 1.807) is 24.3 Å². The number of halogens is 2. The Balaban J connectivity index is 1.60. The molecule has 0 unspecified atom stereocenters. The Kier molecular flexibility index (Phi) is 4.92. The van der Waals surface area contributed by atoms with Gasteiger partial charge in [0.25, 0.3) is 0 Å². The van der Waals surface area contributed by atoms with Gasteiger partial charge in [-0.1, -0.05) is 18.2 Å². The fraction of sp³-hybridized carbons (Fsp3) is 0.238. The molecule has 0 radical (unpaired) electrons. The third kappa shape index (κ3) is 3.66. The zero-order valence-corrected chi connectivity index (χ0v) is 15.0. The molecule has 3 aromatic rings. The first-order chi connectivity index (χ1) is 13.5. The van der Waals surface area contributed by atoms with Crippen LogP contribution in [0.1, 0.15) is 30.5 Å². The number of aliphatic hydroxyl groups excluding tert-OH is 1. The molecule has 4 rings (SSSR count). The summed E-state index contributed by atoms with van der Waals surface area (Å²) in [6.07, 6.45) is 4.77. The van der Waals surface area contributed by atoms with Crippen LogP contribution in [-0.4, -0.2) is 27.3 Å². The van der Waals surface area contributed by atoms with Crippen molar-refractivity contribution in [1.29, 1.82) is 0 Å². The molecule has 1 aliphatic rings. The number of H-pyrrole nitrogens is 1. The van der Waals surface area contributed by atoms with Crippen LogP contribution < -0.4 is 5.32 Å². The van der Waals surface area contributed by atoms with E-state index in [0.717, 1.165) is 12.0 Å². The molecule has 3 N–H and O–H groups in total. The molecule has 7 heteroatoms. The van der Waals surface area contributed by atoms with Crippen molar-refractivity contribution in [2.45, 2.75) is 25.4 Å². The first-order valence-corrected chi connectivity index (χ1v) is 9.11. The number of carbonyl (C=O) groups is 1. The fourth-order valence-corrected chi connectivity index (χ4v) is 3.50. The van der Waals surface area contributed by atoms with Gasteiger partial charge in [-0.3, -0.25) is 9.89 Å². The first-order valence-electron chi connectivity index (χ1n) is 9.11. The van der Waals surface area contributed by atoms with Crippen molar-refractivity contribution in [2.24, 2.45) is 5.92 Å². The number of aromatic nitrogens is 2. The summed E-state index contributed by atoms with van der Waals surface area (Å²) in [5.41, 5.74) is 1.91. The second-order valence-corrected chi connectivity index (χ2v) is 6.97. The van der Waals surface area contributed by atoms with Crippen LogP contribution in [-0.2, 0) is 4.79 Å². The van der Waals surface area contributed by atoms with Gasteiger partial charge in [0, 0.05) is 11.5 Å². The molecule has 2 atom stereocenters. The highest BCUT2D eigenvalue weighted by Gasteiger charge is 2.31. The van der Waals surface area contributed by atoms with Gasteiger partial charge in [-0.05, 0) is 49.1 Å². The van der Waals surface area contributed by atoms with Gasteiger partial charge in [-0.2, -0.15) is 5.10 Å². The SMILES string of the molecule is O=C(Nc1cc2c(C=Cc3ccc(F)cc3)n[nH]c2cc1F)[C@@H]1CCC[C@@H]1O. The van der Waals surface area contributed by atoms with Gasteiger partial charge in [-0.25, -0.2) is 8.78 Å². The lowest BCUT2D eigenvalue weighted by molar-refractivity contribution is -0.122. The van der Waals surface area contributed by atoms with Crippen molar-refractivity contribution in [1.82, 2.24) is 10.2 Å². The number of rotatable bonds is 4. The lowest BCUT2D eigenvalue weighted by atomic mass is 10.0. The molecule has 0 aliphatic heterocycles. The molecule has 1 aromatic heterocycles. The molecule has 1 saturated carbocycles. The Morgan fingerprint density at radius 1 is 1.18 bits per heavy atom. The van der Waals surface area contributed by atoms with Gasteiger partial charge in [0.15, 0.2) is 0 Å². The van der Waals surface area contributed by atoms with Crippen molar-refractivity contribution in [3.63, 3.8) is 0 Å². The molecule has 28 heavy (non-hydrogen) atoms. The maximum atomic E-state index is 14.4. The summed E-state index contributed by atoms with van der Waals surface area (Å²) >= 11 is 0. The lowest BCUT2D eigenvalue weighted by Gasteiger charge is -2.14. The number of amides is 1. The van der Waals surface area contributed by atoms with Crippen molar-refractivity contribution in [3.8, 4) is 0 Å². The van der Waals surface area contributed by atoms with E-state index in [-0.39, 0.29) is 17.4 Å². The minimum atomic E-state index is -0.685. The van der Waals surface area contributed by atoms with Crippen molar-refractivity contribution < 1.29 is 18.7 Å². The normalized spacial score (nSPS) is 19.5. The van der Waals surface area contributed by atoms with Crippen LogP contribution in [0, 0.1) is 17.6 Å². The molecule has 1 amide bonds. The molecule has 0 bridgehead atoms. The average Bonchev–Trinajstić information content (AvgIpc) is 3.27. The van der Waals surface area contributed by atoms with Crippen molar-refractivity contribution >= 4 is 34.6 Å². The second-order valence-electron chi connectivity index (χ2n) is 6.97. The van der Waals surface area contributed by atoms with E-state index in [1.165, 1.54) is 24.3 Å². The van der Waals surface area contributed by atoms with Crippen LogP contribution in [0.5, 0.6) is 0 Å². The van der Waals surface area contributed by atoms with E-state index in [1.807, 2.05) is 0 Å². The zero-order valence-electron chi connectivity index (χ0n) is 15.0. The van der Waals surface area contributed by atoms with Gasteiger partial charge < -0.3 is 10.4 Å². The maximum absolute atomic E-state index is 14.4. The number of aromatic amines is 1. The number of anilines is 1. The predicted octanol–water partition coefficient (Wildman–Crippen LogP) is 4.11. The van der Waals surface area contributed by atoms with E-state index < -0.39 is 17.8 Å². The Hall–Kier alpha value is -3.06. The third-order valence-electron chi connectivity index (χ3n) is 5.06. The van der Waals surface area contributed by atoms with Crippen LogP contribution in [0.25, 0.3) is 23.1 Å². The number of hydrogen-bond donors (Lipinski definition) is 3. The summed E-state index contributed by atoms with van der Waals surface area (Å²) in [4.78, 5) is 12.4. The number of hydrogen-bond acceptors (Lipinski definition) is 3. The van der Waals surface area contributed by atoms with E-state index in [9.17, 15) is 18.7 Å². The highest BCUT2D eigenvalue weighted by molar-refractivity contribution is 5.97. The molecular formula is C21H19F2N3O2. The predicted molar refractivity (Wildman–Crippen MR) is 103 cm³/mol. The minimum absolute atomic E-state index is 0.0504. The molecule has 2 aromatic carbocycles. The highest BCUT2D eigenvalue weighted by atomic mass is 19.1. The van der Waals surface area contributed by atoms with Crippen molar-refractivity contribution in [3.05, 3.63) is 59.3 Å². The fourth-order valence-electron chi connectivity index (χ4n) is 3.50. The average molecular weight is 383 g/mol.